The molecule has 0 amide bonds. The zero-order valence-electron chi connectivity index (χ0n) is 17.4. The zero-order valence-corrected chi connectivity index (χ0v) is 18.2. The van der Waals surface area contributed by atoms with E-state index in [0.717, 1.165) is 35.6 Å². The SMILES string of the molecule is OCCOCCN1CCc2ncnc(Nc3ccc(OCc4cccc(F)c4)c(Cl)c3)c21. The van der Waals surface area contributed by atoms with E-state index in [9.17, 15) is 4.39 Å². The maximum atomic E-state index is 13.3. The molecule has 2 aromatic carbocycles. The smallest absolute Gasteiger partial charge is 0.157 e. The van der Waals surface area contributed by atoms with E-state index in [2.05, 4.69) is 20.2 Å². The zero-order chi connectivity index (χ0) is 22.3. The predicted molar refractivity (Wildman–Crippen MR) is 121 cm³/mol. The van der Waals surface area contributed by atoms with Crippen molar-refractivity contribution in [1.82, 2.24) is 9.97 Å². The van der Waals surface area contributed by atoms with E-state index in [-0.39, 0.29) is 19.0 Å². The van der Waals surface area contributed by atoms with Crippen molar-refractivity contribution in [3.05, 3.63) is 70.9 Å². The summed E-state index contributed by atoms with van der Waals surface area (Å²) in [6, 6.07) is 11.6. The monoisotopic (exact) mass is 458 g/mol. The van der Waals surface area contributed by atoms with Crippen LogP contribution in [0.1, 0.15) is 11.3 Å². The molecule has 32 heavy (non-hydrogen) atoms. The van der Waals surface area contributed by atoms with Gasteiger partial charge in [0.25, 0.3) is 0 Å². The molecular weight excluding hydrogens is 435 g/mol. The number of hydrogen-bond acceptors (Lipinski definition) is 7. The van der Waals surface area contributed by atoms with Crippen molar-refractivity contribution < 1.29 is 19.0 Å². The van der Waals surface area contributed by atoms with Gasteiger partial charge in [-0.05, 0) is 35.9 Å². The van der Waals surface area contributed by atoms with Crippen molar-refractivity contribution in [3.63, 3.8) is 0 Å². The molecule has 3 aromatic rings. The molecule has 4 rings (SSSR count). The van der Waals surface area contributed by atoms with Crippen LogP contribution in [0.5, 0.6) is 5.75 Å². The topological polar surface area (TPSA) is 79.7 Å². The van der Waals surface area contributed by atoms with Gasteiger partial charge >= 0.3 is 0 Å². The molecule has 0 bridgehead atoms. The lowest BCUT2D eigenvalue weighted by atomic mass is 10.2. The van der Waals surface area contributed by atoms with E-state index in [0.29, 0.717) is 36.3 Å². The van der Waals surface area contributed by atoms with Gasteiger partial charge in [0, 0.05) is 25.2 Å². The van der Waals surface area contributed by atoms with Gasteiger partial charge < -0.3 is 24.8 Å². The summed E-state index contributed by atoms with van der Waals surface area (Å²) in [7, 11) is 0. The fourth-order valence-corrected chi connectivity index (χ4v) is 3.79. The Morgan fingerprint density at radius 2 is 2.06 bits per heavy atom. The van der Waals surface area contributed by atoms with Crippen LogP contribution in [-0.2, 0) is 17.8 Å². The molecule has 2 N–H and O–H groups in total. The second-order valence-electron chi connectivity index (χ2n) is 7.28. The van der Waals surface area contributed by atoms with Crippen LogP contribution >= 0.6 is 11.6 Å². The Morgan fingerprint density at radius 3 is 2.88 bits per heavy atom. The largest absolute Gasteiger partial charge is 0.487 e. The van der Waals surface area contributed by atoms with Crippen molar-refractivity contribution in [2.45, 2.75) is 13.0 Å². The molecule has 1 aromatic heterocycles. The summed E-state index contributed by atoms with van der Waals surface area (Å²) in [6.07, 6.45) is 2.38. The molecule has 2 heterocycles. The van der Waals surface area contributed by atoms with Gasteiger partial charge in [-0.1, -0.05) is 23.7 Å². The minimum atomic E-state index is -0.303. The van der Waals surface area contributed by atoms with Gasteiger partial charge in [-0.25, -0.2) is 14.4 Å². The van der Waals surface area contributed by atoms with E-state index in [4.69, 9.17) is 26.2 Å². The molecule has 0 radical (unpaired) electrons. The first kappa shape index (κ1) is 22.3. The number of fused-ring (bicyclic) bond motifs is 1. The van der Waals surface area contributed by atoms with Gasteiger partial charge in [0.05, 0.1) is 30.5 Å². The summed E-state index contributed by atoms with van der Waals surface area (Å²) in [5, 5.41) is 12.6. The van der Waals surface area contributed by atoms with Crippen LogP contribution in [0.2, 0.25) is 5.02 Å². The second-order valence-corrected chi connectivity index (χ2v) is 7.69. The molecule has 0 fully saturated rings. The first-order valence-electron chi connectivity index (χ1n) is 10.4. The van der Waals surface area contributed by atoms with Crippen LogP contribution in [-0.4, -0.2) is 48.0 Å². The van der Waals surface area contributed by atoms with Crippen LogP contribution in [0.3, 0.4) is 0 Å². The van der Waals surface area contributed by atoms with Crippen LogP contribution in [0, 0.1) is 5.82 Å². The summed E-state index contributed by atoms with van der Waals surface area (Å²) in [5.74, 6) is 0.902. The maximum Gasteiger partial charge on any atom is 0.157 e. The molecular formula is C23H24ClFN4O3. The lowest BCUT2D eigenvalue weighted by molar-refractivity contribution is 0.0968. The van der Waals surface area contributed by atoms with Crippen LogP contribution < -0.4 is 15.0 Å². The number of nitrogens with one attached hydrogen (secondary N) is 1. The number of benzene rings is 2. The minimum Gasteiger partial charge on any atom is -0.487 e. The van der Waals surface area contributed by atoms with E-state index in [1.54, 1.807) is 30.6 Å². The molecule has 0 atom stereocenters. The number of rotatable bonds is 10. The van der Waals surface area contributed by atoms with Gasteiger partial charge in [-0.15, -0.1) is 0 Å². The highest BCUT2D eigenvalue weighted by molar-refractivity contribution is 6.32. The van der Waals surface area contributed by atoms with Gasteiger partial charge in [0.1, 0.15) is 30.2 Å². The van der Waals surface area contributed by atoms with E-state index in [1.807, 2.05) is 6.07 Å². The summed E-state index contributed by atoms with van der Waals surface area (Å²) < 4.78 is 24.5. The van der Waals surface area contributed by atoms with E-state index in [1.165, 1.54) is 12.1 Å². The highest BCUT2D eigenvalue weighted by Gasteiger charge is 2.24. The first-order valence-corrected chi connectivity index (χ1v) is 10.7. The second kappa shape index (κ2) is 10.6. The van der Waals surface area contributed by atoms with E-state index < -0.39 is 0 Å². The molecule has 0 spiro atoms. The molecule has 0 unspecified atom stereocenters. The Kier molecular flexibility index (Phi) is 7.36. The molecule has 7 nitrogen and oxygen atoms in total. The third-order valence-electron chi connectivity index (χ3n) is 5.05. The number of aliphatic hydroxyl groups excluding tert-OH is 1. The highest BCUT2D eigenvalue weighted by Crippen LogP contribution is 2.35. The Bertz CT molecular complexity index is 1070. The molecule has 9 heteroatoms. The lowest BCUT2D eigenvalue weighted by Gasteiger charge is -2.21. The van der Waals surface area contributed by atoms with Crippen LogP contribution in [0.25, 0.3) is 0 Å². The Morgan fingerprint density at radius 1 is 1.16 bits per heavy atom. The molecule has 0 aliphatic carbocycles. The van der Waals surface area contributed by atoms with Gasteiger partial charge in [-0.2, -0.15) is 0 Å². The molecule has 1 aliphatic heterocycles. The Labute approximate surface area is 190 Å². The average Bonchev–Trinajstić information content (AvgIpc) is 3.20. The Hall–Kier alpha value is -2.94. The summed E-state index contributed by atoms with van der Waals surface area (Å²) in [6.45, 7) is 2.58. The lowest BCUT2D eigenvalue weighted by Crippen LogP contribution is -2.26. The normalized spacial score (nSPS) is 12.7. The molecule has 168 valence electrons. The third kappa shape index (κ3) is 5.45. The number of ether oxygens (including phenoxy) is 2. The van der Waals surface area contributed by atoms with Crippen LogP contribution in [0.4, 0.5) is 21.6 Å². The predicted octanol–water partition coefficient (Wildman–Crippen LogP) is 3.96. The Balaban J connectivity index is 1.43. The first-order chi connectivity index (χ1) is 15.6. The fraction of sp³-hybridized carbons (Fsp3) is 0.304. The number of anilines is 3. The standard InChI is InChI=1S/C23H24ClFN4O3/c24-19-13-18(4-5-21(19)32-14-16-2-1-3-17(25)12-16)28-23-22-20(26-15-27-23)6-7-29(22)8-10-31-11-9-30/h1-5,12-13,15,30H,6-11,14H2,(H,26,27,28). The van der Waals surface area contributed by atoms with Crippen molar-refractivity contribution in [2.75, 3.05) is 43.1 Å². The van der Waals surface area contributed by atoms with Crippen molar-refractivity contribution in [2.24, 2.45) is 0 Å². The highest BCUT2D eigenvalue weighted by atomic mass is 35.5. The summed E-state index contributed by atoms with van der Waals surface area (Å²) in [5.41, 5.74) is 3.41. The van der Waals surface area contributed by atoms with Crippen molar-refractivity contribution in [3.8, 4) is 5.75 Å². The minimum absolute atomic E-state index is 0.00914. The molecule has 0 saturated heterocycles. The van der Waals surface area contributed by atoms with Crippen LogP contribution in [0.15, 0.2) is 48.8 Å². The molecule has 1 aliphatic rings. The number of halogens is 2. The number of aromatic nitrogens is 2. The average molecular weight is 459 g/mol. The maximum absolute atomic E-state index is 13.3. The molecule has 0 saturated carbocycles. The van der Waals surface area contributed by atoms with Gasteiger partial charge in [0.15, 0.2) is 5.82 Å². The van der Waals surface area contributed by atoms with Gasteiger partial charge in [-0.3, -0.25) is 0 Å². The summed E-state index contributed by atoms with van der Waals surface area (Å²) in [4.78, 5) is 11.0. The fourth-order valence-electron chi connectivity index (χ4n) is 3.56. The van der Waals surface area contributed by atoms with Gasteiger partial charge in [0.2, 0.25) is 0 Å². The number of hydrogen-bond donors (Lipinski definition) is 2. The number of aliphatic hydroxyl groups is 1. The number of nitrogens with zero attached hydrogens (tertiary/aromatic N) is 3. The van der Waals surface area contributed by atoms with Crippen molar-refractivity contribution in [1.29, 1.82) is 0 Å². The van der Waals surface area contributed by atoms with E-state index >= 15 is 0 Å². The quantitative estimate of drug-likeness (QED) is 0.445. The third-order valence-corrected chi connectivity index (χ3v) is 5.35. The summed E-state index contributed by atoms with van der Waals surface area (Å²) >= 11 is 6.42. The van der Waals surface area contributed by atoms with Crippen molar-refractivity contribution >= 4 is 28.8 Å².